The zero-order chi connectivity index (χ0) is 58.2. The molecule has 0 radical (unpaired) electrons. The van der Waals surface area contributed by atoms with Crippen molar-refractivity contribution < 1.29 is 55.0 Å². The van der Waals surface area contributed by atoms with Gasteiger partial charge in [-0.25, -0.2) is 37.1 Å². The second-order valence-electron chi connectivity index (χ2n) is 21.5. The summed E-state index contributed by atoms with van der Waals surface area (Å²) in [6.45, 7) is 25.7. The molecule has 420 valence electrons. The van der Waals surface area contributed by atoms with Crippen LogP contribution in [0.25, 0.3) is 44.1 Å². The first-order valence-corrected chi connectivity index (χ1v) is 32.6. The molecule has 0 fully saturated rings. The molecule has 0 amide bonds. The van der Waals surface area contributed by atoms with E-state index in [-0.39, 0.29) is 46.9 Å². The number of hydrogen-bond acceptors (Lipinski definition) is 10. The van der Waals surface area contributed by atoms with Crippen molar-refractivity contribution in [1.82, 2.24) is 19.5 Å². The van der Waals surface area contributed by atoms with Crippen molar-refractivity contribution in [2.75, 3.05) is 27.4 Å². The van der Waals surface area contributed by atoms with Gasteiger partial charge in [0.25, 0.3) is 0 Å². The van der Waals surface area contributed by atoms with Crippen LogP contribution in [0.3, 0.4) is 0 Å². The molecule has 79 heavy (non-hydrogen) atoms. The van der Waals surface area contributed by atoms with Crippen LogP contribution in [-0.4, -0.2) is 75.5 Å². The lowest BCUT2D eigenvalue weighted by Gasteiger charge is -2.36. The van der Waals surface area contributed by atoms with Crippen molar-refractivity contribution in [3.8, 4) is 45.5 Å². The van der Waals surface area contributed by atoms with Gasteiger partial charge in [0.2, 0.25) is 28.4 Å². The highest BCUT2D eigenvalue weighted by atomic mass is 79.9. The van der Waals surface area contributed by atoms with Crippen LogP contribution >= 0.6 is 15.9 Å². The highest BCUT2D eigenvalue weighted by molar-refractivity contribution is 9.08. The second-order valence-corrected chi connectivity index (χ2v) is 31.5. The smallest absolute Gasteiger partial charge is 0.355 e. The maximum absolute atomic E-state index is 14.8. The number of carbonyl (C=O) groups excluding carboxylic acids is 2. The van der Waals surface area contributed by atoms with Crippen molar-refractivity contribution in [2.24, 2.45) is 0 Å². The van der Waals surface area contributed by atoms with Gasteiger partial charge in [-0.1, -0.05) is 57.5 Å². The fourth-order valence-corrected chi connectivity index (χ4v) is 10.5. The summed E-state index contributed by atoms with van der Waals surface area (Å²) in [5.74, 6) is -0.746. The lowest BCUT2D eigenvalue weighted by atomic mass is 10.0. The maximum atomic E-state index is 14.8. The summed E-state index contributed by atoms with van der Waals surface area (Å²) in [6.07, 6.45) is 3.26. The van der Waals surface area contributed by atoms with E-state index in [1.807, 2.05) is 48.5 Å². The van der Waals surface area contributed by atoms with Crippen molar-refractivity contribution in [3.05, 3.63) is 155 Å². The molecule has 12 nitrogen and oxygen atoms in total. The van der Waals surface area contributed by atoms with Gasteiger partial charge in [0.15, 0.2) is 0 Å². The van der Waals surface area contributed by atoms with E-state index in [4.69, 9.17) is 27.8 Å². The zero-order valence-corrected chi connectivity index (χ0v) is 50.8. The fourth-order valence-electron chi connectivity index (χ4n) is 7.98. The normalized spacial score (nSPS) is 11.8. The van der Waals surface area contributed by atoms with Gasteiger partial charge in [-0.3, -0.25) is 0 Å². The van der Waals surface area contributed by atoms with E-state index in [1.165, 1.54) is 13.2 Å². The summed E-state index contributed by atoms with van der Waals surface area (Å²) in [6, 6.07) is 25.4. The number of rotatable bonds is 15. The molecule has 4 heterocycles. The summed E-state index contributed by atoms with van der Waals surface area (Å²) in [4.78, 5) is 38.1. The standard InChI is InChI=1S/C30H34F2N2O4Si.C23H30N2O4Si.C7H5BrF2/c1-8-37-29(35)27-26(22-10-9-15-33-28(22)36-5)23-17-21(38-39(6,7)30(2,3)4)12-14-25(23)34(27)18-19-16-20(31)11-13-24(19)32;1-8-28-22(26)20-19(16-10-9-13-24-21(16)27-5)17-14-15(11-12-18(17)25-20)29-30(6,7)23(2,3)4;8-4-5-3-6(9)1-2-7(5)10/h9-17H,8,18H2,1-7H3;9-14,25H,8H2,1-7H3;1-3H,4H2. The number of aromatic amines is 1. The molecule has 0 aliphatic carbocycles. The van der Waals surface area contributed by atoms with E-state index in [1.54, 1.807) is 50.1 Å². The predicted molar refractivity (Wildman–Crippen MR) is 312 cm³/mol. The van der Waals surface area contributed by atoms with Gasteiger partial charge < -0.3 is 37.4 Å². The van der Waals surface area contributed by atoms with Crippen LogP contribution in [0.1, 0.15) is 87.5 Å². The Hall–Kier alpha value is -6.97. The maximum Gasteiger partial charge on any atom is 0.355 e. The third-order valence-electron chi connectivity index (χ3n) is 14.1. The molecule has 8 aromatic rings. The quantitative estimate of drug-likeness (QED) is 0.0457. The molecular weight excluding hydrogens is 1120 g/mol. The molecule has 8 rings (SSSR count). The van der Waals surface area contributed by atoms with E-state index in [9.17, 15) is 27.2 Å². The van der Waals surface area contributed by atoms with Crippen LogP contribution < -0.4 is 18.3 Å². The van der Waals surface area contributed by atoms with E-state index >= 15 is 0 Å². The van der Waals surface area contributed by atoms with E-state index in [0.29, 0.717) is 61.7 Å². The number of hydrogen-bond donors (Lipinski definition) is 1. The van der Waals surface area contributed by atoms with Crippen molar-refractivity contribution >= 4 is 66.3 Å². The number of H-pyrrole nitrogens is 1. The minimum Gasteiger partial charge on any atom is -0.543 e. The minimum absolute atomic E-state index is 0.0334. The Bertz CT molecular complexity index is 3460. The van der Waals surface area contributed by atoms with E-state index in [0.717, 1.165) is 52.5 Å². The molecule has 1 N–H and O–H groups in total. The first-order valence-electron chi connectivity index (χ1n) is 25.7. The van der Waals surface area contributed by atoms with Crippen molar-refractivity contribution in [2.45, 2.75) is 104 Å². The first-order chi connectivity index (χ1) is 37.2. The molecule has 0 aliphatic heterocycles. The average Bonchev–Trinajstić information content (AvgIpc) is 4.19. The Kier molecular flexibility index (Phi) is 19.7. The Labute approximate surface area is 470 Å². The van der Waals surface area contributed by atoms with Gasteiger partial charge in [0.1, 0.15) is 46.2 Å². The molecule has 4 aromatic carbocycles. The van der Waals surface area contributed by atoms with Gasteiger partial charge in [-0.15, -0.1) is 0 Å². The van der Waals surface area contributed by atoms with Crippen molar-refractivity contribution in [1.29, 1.82) is 0 Å². The van der Waals surface area contributed by atoms with Crippen LogP contribution in [0.2, 0.25) is 36.3 Å². The third-order valence-corrected chi connectivity index (χ3v) is 23.4. The molecule has 0 atom stereocenters. The highest BCUT2D eigenvalue weighted by Crippen LogP contribution is 2.45. The number of ether oxygens (including phenoxy) is 4. The zero-order valence-electron chi connectivity index (χ0n) is 47.2. The number of nitrogens with zero attached hydrogens (tertiary/aromatic N) is 3. The summed E-state index contributed by atoms with van der Waals surface area (Å²) in [7, 11) is -1.14. The van der Waals surface area contributed by atoms with Gasteiger partial charge in [-0.2, -0.15) is 0 Å². The SMILES string of the molecule is CCOC(=O)c1[nH]c2ccc(O[Si](C)(C)C(C)(C)C)cc2c1-c1cccnc1OC.CCOC(=O)c1c(-c2cccnc2OC)c2cc(O[Si](C)(C)C(C)(C)C)ccc2n1Cc1cc(F)ccc1F.Fc1ccc(F)c(CBr)c1. The third kappa shape index (κ3) is 14.1. The Morgan fingerprint density at radius 3 is 1.59 bits per heavy atom. The Balaban J connectivity index is 0.000000222. The fraction of sp³-hybridized carbons (Fsp3) is 0.333. The predicted octanol–water partition coefficient (Wildman–Crippen LogP) is 16.3. The van der Waals surface area contributed by atoms with Crippen LogP contribution in [-0.2, 0) is 21.3 Å². The molecule has 0 spiro atoms. The molecule has 0 aliphatic rings. The van der Waals surface area contributed by atoms with Crippen LogP contribution in [0.4, 0.5) is 17.6 Å². The highest BCUT2D eigenvalue weighted by Gasteiger charge is 2.40. The molecule has 0 bridgehead atoms. The number of pyridine rings is 2. The number of halogens is 5. The van der Waals surface area contributed by atoms with Gasteiger partial charge in [-0.05, 0) is 147 Å². The van der Waals surface area contributed by atoms with Crippen LogP contribution in [0.15, 0.2) is 109 Å². The Morgan fingerprint density at radius 1 is 0.620 bits per heavy atom. The summed E-state index contributed by atoms with van der Waals surface area (Å²) >= 11 is 3.04. The summed E-state index contributed by atoms with van der Waals surface area (Å²) in [5, 5.41) is 1.93. The Morgan fingerprint density at radius 2 is 1.10 bits per heavy atom. The van der Waals surface area contributed by atoms with Gasteiger partial charge >= 0.3 is 11.9 Å². The number of benzene rings is 4. The lowest BCUT2D eigenvalue weighted by Crippen LogP contribution is -2.43. The summed E-state index contributed by atoms with van der Waals surface area (Å²) in [5.41, 5.74) is 4.97. The van der Waals surface area contributed by atoms with Crippen LogP contribution in [0, 0.1) is 23.3 Å². The molecule has 4 aromatic heterocycles. The number of alkyl halides is 1. The number of nitrogens with one attached hydrogen (secondary N) is 1. The van der Waals surface area contributed by atoms with E-state index in [2.05, 4.69) is 98.6 Å². The number of esters is 2. The van der Waals surface area contributed by atoms with E-state index < -0.39 is 46.0 Å². The topological polar surface area (TPSA) is 136 Å². The van der Waals surface area contributed by atoms with Crippen LogP contribution in [0.5, 0.6) is 23.3 Å². The molecular formula is C60H69BrF4N4O8Si2. The lowest BCUT2D eigenvalue weighted by molar-refractivity contribution is 0.0508. The van der Waals surface area contributed by atoms with Crippen molar-refractivity contribution in [3.63, 3.8) is 0 Å². The number of methoxy groups -OCH3 is 2. The largest absolute Gasteiger partial charge is 0.543 e. The number of carbonyl (C=O) groups is 2. The average molecular weight is 1190 g/mol. The number of aromatic nitrogens is 4. The molecule has 0 saturated heterocycles. The molecule has 0 unspecified atom stereocenters. The summed E-state index contributed by atoms with van der Waals surface area (Å²) < 4.78 is 90.4. The second kappa shape index (κ2) is 25.4. The monoisotopic (exact) mass is 1180 g/mol. The number of fused-ring (bicyclic) bond motifs is 2. The van der Waals surface area contributed by atoms with Gasteiger partial charge in [0.05, 0.1) is 34.0 Å². The molecule has 0 saturated carbocycles. The molecule has 19 heteroatoms. The first kappa shape index (κ1) is 61.2. The van der Waals surface area contributed by atoms with Gasteiger partial charge in [0, 0.05) is 72.9 Å². The minimum atomic E-state index is -2.19.